The third-order valence-electron chi connectivity index (χ3n) is 13.7. The second kappa shape index (κ2) is 8.31. The Kier molecular flexibility index (Phi) is 6.05. The molecular formula is C33H50O3. The maximum atomic E-state index is 12.6. The van der Waals surface area contributed by atoms with Crippen molar-refractivity contribution in [2.75, 3.05) is 6.61 Å². The van der Waals surface area contributed by atoms with Crippen LogP contribution < -0.4 is 0 Å². The molecule has 3 nitrogen and oxygen atoms in total. The second-order valence-corrected chi connectivity index (χ2v) is 14.8. The number of hydrogen-bond acceptors (Lipinski definition) is 3. The van der Waals surface area contributed by atoms with Crippen LogP contribution in [0.4, 0.5) is 0 Å². The van der Waals surface area contributed by atoms with Crippen molar-refractivity contribution in [3.05, 3.63) is 24.3 Å². The van der Waals surface area contributed by atoms with Crippen molar-refractivity contribution in [3.63, 3.8) is 0 Å². The normalized spacial score (nSPS) is 51.8. The predicted molar refractivity (Wildman–Crippen MR) is 145 cm³/mol. The lowest BCUT2D eigenvalue weighted by Gasteiger charge is -2.72. The summed E-state index contributed by atoms with van der Waals surface area (Å²) >= 11 is 0. The molecule has 5 aliphatic rings. The van der Waals surface area contributed by atoms with E-state index in [-0.39, 0.29) is 33.0 Å². The van der Waals surface area contributed by atoms with E-state index < -0.39 is 0 Å². The van der Waals surface area contributed by atoms with Crippen LogP contribution in [0.15, 0.2) is 24.3 Å². The van der Waals surface area contributed by atoms with Gasteiger partial charge in [0.15, 0.2) is 0 Å². The van der Waals surface area contributed by atoms with E-state index in [2.05, 4.69) is 47.8 Å². The highest BCUT2D eigenvalue weighted by atomic mass is 16.5. The molecule has 0 aromatic heterocycles. The number of esters is 1. The van der Waals surface area contributed by atoms with Gasteiger partial charge in [0.25, 0.3) is 0 Å². The van der Waals surface area contributed by atoms with Crippen molar-refractivity contribution >= 4 is 12.3 Å². The standard InChI is InChI=1S/C33H50O3/c1-21(2)24-12-16-33(19-34)18-17-31(7)25(28(24)33)9-10-27-29(5)14-11-22(3)30(6,20-36-23(4)35)26(29)13-15-32(27,31)8/h19,24-28H,1,3,9-18,20H2,2,4-8H3/t24-,25+,26+,27+,28+,29-,30+,31+,32+,33+/m0/s1. The fourth-order valence-electron chi connectivity index (χ4n) is 11.6. The molecule has 0 aromatic rings. The second-order valence-electron chi connectivity index (χ2n) is 14.8. The van der Waals surface area contributed by atoms with Crippen LogP contribution in [0.1, 0.15) is 106 Å². The zero-order valence-corrected chi connectivity index (χ0v) is 23.9. The van der Waals surface area contributed by atoms with Gasteiger partial charge < -0.3 is 9.53 Å². The van der Waals surface area contributed by atoms with Crippen LogP contribution in [0.25, 0.3) is 0 Å². The fraction of sp³-hybridized carbons (Fsp3) is 0.818. The summed E-state index contributed by atoms with van der Waals surface area (Å²) in [6.45, 7) is 23.3. The lowest BCUT2D eigenvalue weighted by atomic mass is 9.32. The molecule has 0 heterocycles. The summed E-state index contributed by atoms with van der Waals surface area (Å²) in [4.78, 5) is 24.4. The summed E-state index contributed by atoms with van der Waals surface area (Å²) in [6.07, 6.45) is 12.9. The van der Waals surface area contributed by atoms with Gasteiger partial charge in [-0.25, -0.2) is 0 Å². The average Bonchev–Trinajstić information content (AvgIpc) is 3.21. The van der Waals surface area contributed by atoms with Crippen LogP contribution in [0.3, 0.4) is 0 Å². The Hall–Kier alpha value is -1.38. The molecule has 0 amide bonds. The van der Waals surface area contributed by atoms with E-state index in [1.54, 1.807) is 0 Å². The first kappa shape index (κ1) is 26.2. The molecule has 5 saturated carbocycles. The smallest absolute Gasteiger partial charge is 0.302 e. The van der Waals surface area contributed by atoms with E-state index in [4.69, 9.17) is 4.74 Å². The first-order valence-electron chi connectivity index (χ1n) is 14.7. The Balaban J connectivity index is 1.52. The van der Waals surface area contributed by atoms with E-state index >= 15 is 0 Å². The Morgan fingerprint density at radius 1 is 0.944 bits per heavy atom. The topological polar surface area (TPSA) is 43.4 Å². The molecule has 5 rings (SSSR count). The molecule has 36 heavy (non-hydrogen) atoms. The number of hydrogen-bond donors (Lipinski definition) is 0. The Bertz CT molecular complexity index is 981. The van der Waals surface area contributed by atoms with Crippen LogP contribution >= 0.6 is 0 Å². The van der Waals surface area contributed by atoms with Gasteiger partial charge in [-0.05, 0) is 117 Å². The monoisotopic (exact) mass is 494 g/mol. The zero-order chi connectivity index (χ0) is 26.3. The lowest BCUT2D eigenvalue weighted by Crippen LogP contribution is -2.66. The molecule has 0 N–H and O–H groups in total. The van der Waals surface area contributed by atoms with Crippen molar-refractivity contribution < 1.29 is 14.3 Å². The first-order chi connectivity index (χ1) is 16.8. The quantitative estimate of drug-likeness (QED) is 0.226. The molecule has 0 bridgehead atoms. The molecule has 0 aromatic carbocycles. The SMILES string of the molecule is C=C(C)[C@@H]1CC[C@]2(C=O)CC[C@]3(C)[C@H](CC[C@@H]4[C@@]5(C)CCC(=C)[C@@](C)(COC(C)=O)[C@@H]5CC[C@]43C)[C@@H]12. The number of rotatable bonds is 4. The fourth-order valence-corrected chi connectivity index (χ4v) is 11.6. The summed E-state index contributed by atoms with van der Waals surface area (Å²) in [7, 11) is 0. The summed E-state index contributed by atoms with van der Waals surface area (Å²) in [5.41, 5.74) is 3.04. The predicted octanol–water partition coefficient (Wildman–Crippen LogP) is 7.94. The van der Waals surface area contributed by atoms with Gasteiger partial charge in [-0.1, -0.05) is 52.0 Å². The molecule has 0 radical (unpaired) electrons. The number of fused-ring (bicyclic) bond motifs is 7. The van der Waals surface area contributed by atoms with Crippen molar-refractivity contribution in [1.82, 2.24) is 0 Å². The zero-order valence-electron chi connectivity index (χ0n) is 23.9. The molecule has 0 spiro atoms. The molecule has 0 unspecified atom stereocenters. The maximum Gasteiger partial charge on any atom is 0.302 e. The summed E-state index contributed by atoms with van der Waals surface area (Å²) in [5.74, 6) is 2.54. The van der Waals surface area contributed by atoms with Crippen LogP contribution in [0.2, 0.25) is 0 Å². The van der Waals surface area contributed by atoms with Crippen LogP contribution in [0, 0.1) is 56.7 Å². The highest BCUT2D eigenvalue weighted by Crippen LogP contribution is 2.77. The molecular weight excluding hydrogens is 444 g/mol. The van der Waals surface area contributed by atoms with E-state index in [0.717, 1.165) is 25.7 Å². The number of allylic oxidation sites excluding steroid dienone is 1. The van der Waals surface area contributed by atoms with Gasteiger partial charge in [-0.3, -0.25) is 4.79 Å². The maximum absolute atomic E-state index is 12.6. The van der Waals surface area contributed by atoms with Crippen molar-refractivity contribution in [3.8, 4) is 0 Å². The van der Waals surface area contributed by atoms with Gasteiger partial charge in [0.05, 0.1) is 0 Å². The van der Waals surface area contributed by atoms with Gasteiger partial charge in [-0.15, -0.1) is 0 Å². The van der Waals surface area contributed by atoms with Gasteiger partial charge in [0.1, 0.15) is 12.9 Å². The third-order valence-corrected chi connectivity index (χ3v) is 13.7. The summed E-state index contributed by atoms with van der Waals surface area (Å²) in [6, 6.07) is 0. The molecule has 3 heteroatoms. The number of carbonyl (C=O) groups is 2. The Morgan fingerprint density at radius 3 is 2.31 bits per heavy atom. The molecule has 5 fully saturated rings. The van der Waals surface area contributed by atoms with E-state index in [1.807, 2.05) is 0 Å². The molecule has 0 aliphatic heterocycles. The summed E-state index contributed by atoms with van der Waals surface area (Å²) < 4.78 is 5.68. The molecule has 5 aliphatic carbocycles. The molecule has 200 valence electrons. The van der Waals surface area contributed by atoms with Crippen LogP contribution in [-0.4, -0.2) is 18.9 Å². The number of ether oxygens (including phenoxy) is 1. The summed E-state index contributed by atoms with van der Waals surface area (Å²) in [5, 5.41) is 0. The molecule has 10 atom stereocenters. The third kappa shape index (κ3) is 3.22. The minimum atomic E-state index is -0.186. The van der Waals surface area contributed by atoms with Crippen molar-refractivity contribution in [2.24, 2.45) is 56.7 Å². The minimum absolute atomic E-state index is 0.122. The van der Waals surface area contributed by atoms with E-state index in [1.165, 1.54) is 62.9 Å². The van der Waals surface area contributed by atoms with E-state index in [9.17, 15) is 9.59 Å². The van der Waals surface area contributed by atoms with Gasteiger partial charge >= 0.3 is 5.97 Å². The van der Waals surface area contributed by atoms with Crippen molar-refractivity contribution in [2.45, 2.75) is 106 Å². The minimum Gasteiger partial charge on any atom is -0.465 e. The van der Waals surface area contributed by atoms with Crippen LogP contribution in [0.5, 0.6) is 0 Å². The highest BCUT2D eigenvalue weighted by molar-refractivity contribution is 5.66. The number of carbonyl (C=O) groups excluding carboxylic acids is 2. The molecule has 0 saturated heterocycles. The highest BCUT2D eigenvalue weighted by Gasteiger charge is 2.70. The van der Waals surface area contributed by atoms with E-state index in [0.29, 0.717) is 36.2 Å². The van der Waals surface area contributed by atoms with Crippen molar-refractivity contribution in [1.29, 1.82) is 0 Å². The first-order valence-corrected chi connectivity index (χ1v) is 14.7. The Morgan fingerprint density at radius 2 is 1.67 bits per heavy atom. The van der Waals surface area contributed by atoms with Gasteiger partial charge in [-0.2, -0.15) is 0 Å². The Labute approximate surface area is 219 Å². The largest absolute Gasteiger partial charge is 0.465 e. The lowest BCUT2D eigenvalue weighted by molar-refractivity contribution is -0.232. The van der Waals surface area contributed by atoms with Gasteiger partial charge in [0, 0.05) is 17.8 Å². The average molecular weight is 495 g/mol. The number of aldehydes is 1. The van der Waals surface area contributed by atoms with Gasteiger partial charge in [0.2, 0.25) is 0 Å². The van der Waals surface area contributed by atoms with Crippen LogP contribution in [-0.2, 0) is 14.3 Å².